The number of aliphatic imine (C=N–C) groups is 1. The van der Waals surface area contributed by atoms with Gasteiger partial charge in [0.05, 0.1) is 22.8 Å². The highest BCUT2D eigenvalue weighted by molar-refractivity contribution is 5.99. The second kappa shape index (κ2) is 8.13. The fraction of sp³-hybridized carbons (Fsp3) is 0.0526. The molecule has 0 spiro atoms. The Hall–Kier alpha value is -4.34. The molecule has 4 rings (SSSR count). The number of nitrogens with one attached hydrogen (secondary N) is 1. The number of hydrogen-bond acceptors (Lipinski definition) is 8. The fourth-order valence-electron chi connectivity index (χ4n) is 2.55. The molecule has 0 saturated carbocycles. The van der Waals surface area contributed by atoms with Crippen LogP contribution in [0.5, 0.6) is 11.5 Å². The standard InChI is InChI=1S/C19H14N6O4/c26-25(27)15-10-17-16(28-12-29-17)9-13(15)11-22-24-19(14-5-1-3-7-20-14)23-18-6-2-4-8-21-18/h1-11H,12H2,(H,21,23,24). The number of rotatable bonds is 5. The smallest absolute Gasteiger partial charge is 0.282 e. The van der Waals surface area contributed by atoms with E-state index in [1.165, 1.54) is 18.3 Å². The van der Waals surface area contributed by atoms with E-state index in [2.05, 4.69) is 25.5 Å². The van der Waals surface area contributed by atoms with Gasteiger partial charge in [0.15, 0.2) is 23.2 Å². The van der Waals surface area contributed by atoms with E-state index >= 15 is 0 Å². The molecule has 0 amide bonds. The lowest BCUT2D eigenvalue weighted by atomic mass is 10.1. The monoisotopic (exact) mass is 390 g/mol. The molecule has 2 aromatic heterocycles. The summed E-state index contributed by atoms with van der Waals surface area (Å²) in [5, 5.41) is 15.5. The summed E-state index contributed by atoms with van der Waals surface area (Å²) < 4.78 is 10.5. The van der Waals surface area contributed by atoms with Gasteiger partial charge in [-0.3, -0.25) is 20.5 Å². The SMILES string of the molecule is O=[N+]([O-])c1cc2c(cc1C=NNC(=Nc1ccccn1)c1ccccn1)OCO2. The summed E-state index contributed by atoms with van der Waals surface area (Å²) in [6, 6.07) is 13.5. The van der Waals surface area contributed by atoms with Crippen LogP contribution in [0.3, 0.4) is 0 Å². The molecule has 3 heterocycles. The van der Waals surface area contributed by atoms with Gasteiger partial charge in [-0.05, 0) is 30.3 Å². The van der Waals surface area contributed by atoms with Gasteiger partial charge >= 0.3 is 0 Å². The van der Waals surface area contributed by atoms with Crippen LogP contribution in [0.2, 0.25) is 0 Å². The molecule has 1 N–H and O–H groups in total. The molecule has 144 valence electrons. The topological polar surface area (TPSA) is 124 Å². The summed E-state index contributed by atoms with van der Waals surface area (Å²) in [6.45, 7) is 0.0197. The zero-order valence-electron chi connectivity index (χ0n) is 14.9. The number of hydrogen-bond donors (Lipinski definition) is 1. The predicted molar refractivity (Wildman–Crippen MR) is 105 cm³/mol. The van der Waals surface area contributed by atoms with Crippen LogP contribution < -0.4 is 14.9 Å². The van der Waals surface area contributed by atoms with E-state index in [9.17, 15) is 10.1 Å². The number of aromatic nitrogens is 2. The minimum Gasteiger partial charge on any atom is -0.454 e. The first-order chi connectivity index (χ1) is 14.2. The average Bonchev–Trinajstić information content (AvgIpc) is 3.21. The quantitative estimate of drug-likeness (QED) is 0.307. The van der Waals surface area contributed by atoms with Gasteiger partial charge in [0, 0.05) is 12.4 Å². The zero-order valence-corrected chi connectivity index (χ0v) is 14.9. The molecule has 0 radical (unpaired) electrons. The summed E-state index contributed by atoms with van der Waals surface area (Å²) in [4.78, 5) is 23.7. The van der Waals surface area contributed by atoms with Gasteiger partial charge < -0.3 is 9.47 Å². The van der Waals surface area contributed by atoms with Gasteiger partial charge in [-0.2, -0.15) is 5.10 Å². The van der Waals surface area contributed by atoms with Gasteiger partial charge in [-0.1, -0.05) is 12.1 Å². The minimum absolute atomic E-state index is 0.0197. The summed E-state index contributed by atoms with van der Waals surface area (Å²) in [5.41, 5.74) is 3.43. The summed E-state index contributed by atoms with van der Waals surface area (Å²) in [5.74, 6) is 1.55. The third-order valence-corrected chi connectivity index (χ3v) is 3.88. The third kappa shape index (κ3) is 4.16. The van der Waals surface area contributed by atoms with Crippen LogP contribution in [0.25, 0.3) is 0 Å². The number of fused-ring (bicyclic) bond motifs is 1. The summed E-state index contributed by atoms with van der Waals surface area (Å²) in [6.07, 6.45) is 4.56. The largest absolute Gasteiger partial charge is 0.454 e. The molecule has 0 atom stereocenters. The molecule has 0 aliphatic carbocycles. The maximum Gasteiger partial charge on any atom is 0.282 e. The van der Waals surface area contributed by atoms with Crippen molar-refractivity contribution in [1.82, 2.24) is 15.4 Å². The Labute approximate surface area is 164 Å². The van der Waals surface area contributed by atoms with Crippen molar-refractivity contribution in [2.75, 3.05) is 6.79 Å². The summed E-state index contributed by atoms with van der Waals surface area (Å²) in [7, 11) is 0. The highest BCUT2D eigenvalue weighted by Gasteiger charge is 2.22. The first-order valence-corrected chi connectivity index (χ1v) is 8.49. The molecule has 0 saturated heterocycles. The maximum absolute atomic E-state index is 11.4. The molecule has 10 heteroatoms. The highest BCUT2D eigenvalue weighted by Crippen LogP contribution is 2.37. The van der Waals surface area contributed by atoms with Crippen molar-refractivity contribution in [3.05, 3.63) is 82.3 Å². The molecule has 0 fully saturated rings. The third-order valence-electron chi connectivity index (χ3n) is 3.88. The Morgan fingerprint density at radius 2 is 1.86 bits per heavy atom. The van der Waals surface area contributed by atoms with E-state index in [-0.39, 0.29) is 18.0 Å². The van der Waals surface area contributed by atoms with Gasteiger partial charge in [0.25, 0.3) is 5.69 Å². The van der Waals surface area contributed by atoms with Crippen molar-refractivity contribution in [2.24, 2.45) is 10.1 Å². The van der Waals surface area contributed by atoms with Gasteiger partial charge in [-0.25, -0.2) is 9.98 Å². The lowest BCUT2D eigenvalue weighted by Gasteiger charge is -2.05. The number of benzene rings is 1. The number of nitrogens with zero attached hydrogens (tertiary/aromatic N) is 5. The molecule has 0 unspecified atom stereocenters. The van der Waals surface area contributed by atoms with Crippen LogP contribution in [0.4, 0.5) is 11.5 Å². The molecule has 10 nitrogen and oxygen atoms in total. The van der Waals surface area contributed by atoms with Crippen molar-refractivity contribution in [2.45, 2.75) is 0 Å². The van der Waals surface area contributed by atoms with E-state index in [0.29, 0.717) is 28.8 Å². The van der Waals surface area contributed by atoms with Crippen LogP contribution in [0.1, 0.15) is 11.3 Å². The van der Waals surface area contributed by atoms with Crippen molar-refractivity contribution >= 4 is 23.6 Å². The van der Waals surface area contributed by atoms with Crippen LogP contribution in [-0.2, 0) is 0 Å². The molecular formula is C19H14N6O4. The molecular weight excluding hydrogens is 376 g/mol. The maximum atomic E-state index is 11.4. The van der Waals surface area contributed by atoms with Crippen LogP contribution in [0, 0.1) is 10.1 Å². The van der Waals surface area contributed by atoms with Crippen LogP contribution >= 0.6 is 0 Å². The van der Waals surface area contributed by atoms with Gasteiger partial charge in [0.1, 0.15) is 5.69 Å². The Morgan fingerprint density at radius 1 is 1.10 bits per heavy atom. The molecule has 1 aromatic carbocycles. The van der Waals surface area contributed by atoms with Gasteiger partial charge in [0.2, 0.25) is 6.79 Å². The number of nitro benzene ring substituents is 1. The molecule has 3 aromatic rings. The second-order valence-corrected chi connectivity index (χ2v) is 5.75. The van der Waals surface area contributed by atoms with E-state index in [1.807, 2.05) is 6.07 Å². The first kappa shape index (κ1) is 18.0. The van der Waals surface area contributed by atoms with E-state index in [4.69, 9.17) is 9.47 Å². The fourth-order valence-corrected chi connectivity index (χ4v) is 2.55. The Kier molecular flexibility index (Phi) is 5.06. The average molecular weight is 390 g/mol. The van der Waals surface area contributed by atoms with Crippen molar-refractivity contribution in [3.8, 4) is 11.5 Å². The van der Waals surface area contributed by atoms with Gasteiger partial charge in [-0.15, -0.1) is 0 Å². The molecule has 0 bridgehead atoms. The minimum atomic E-state index is -0.509. The summed E-state index contributed by atoms with van der Waals surface area (Å²) >= 11 is 0. The van der Waals surface area contributed by atoms with E-state index < -0.39 is 4.92 Å². The lowest BCUT2D eigenvalue weighted by Crippen LogP contribution is -2.20. The van der Waals surface area contributed by atoms with Crippen molar-refractivity contribution in [1.29, 1.82) is 0 Å². The zero-order chi connectivity index (χ0) is 20.1. The first-order valence-electron chi connectivity index (χ1n) is 8.49. The van der Waals surface area contributed by atoms with Crippen LogP contribution in [-0.4, -0.2) is 33.7 Å². The molecule has 1 aliphatic heterocycles. The number of hydrazone groups is 1. The van der Waals surface area contributed by atoms with Crippen LogP contribution in [0.15, 0.2) is 71.0 Å². The highest BCUT2D eigenvalue weighted by atomic mass is 16.7. The lowest BCUT2D eigenvalue weighted by molar-refractivity contribution is -0.385. The number of amidine groups is 1. The predicted octanol–water partition coefficient (Wildman–Crippen LogP) is 2.82. The van der Waals surface area contributed by atoms with Crippen molar-refractivity contribution < 1.29 is 14.4 Å². The number of nitro groups is 1. The van der Waals surface area contributed by atoms with E-state index in [0.717, 1.165) is 0 Å². The van der Waals surface area contributed by atoms with Crippen molar-refractivity contribution in [3.63, 3.8) is 0 Å². The Morgan fingerprint density at radius 3 is 2.55 bits per heavy atom. The Balaban J connectivity index is 1.64. The number of ether oxygens (including phenoxy) is 2. The number of pyridine rings is 2. The molecule has 1 aliphatic rings. The second-order valence-electron chi connectivity index (χ2n) is 5.75. The van der Waals surface area contributed by atoms with E-state index in [1.54, 1.807) is 42.7 Å². The molecule has 29 heavy (non-hydrogen) atoms. The normalized spacial score (nSPS) is 12.9. The Bertz CT molecular complexity index is 1090.